The Kier molecular flexibility index (Phi) is 3.95. The minimum atomic E-state index is -0.776. The van der Waals surface area contributed by atoms with Crippen molar-refractivity contribution in [2.45, 2.75) is 18.9 Å². The van der Waals surface area contributed by atoms with Gasteiger partial charge in [-0.2, -0.15) is 0 Å². The molecular formula is C17H16ClNO2. The van der Waals surface area contributed by atoms with Crippen LogP contribution in [0.15, 0.2) is 48.5 Å². The van der Waals surface area contributed by atoms with E-state index in [9.17, 15) is 9.90 Å². The van der Waals surface area contributed by atoms with Crippen molar-refractivity contribution in [2.24, 2.45) is 0 Å². The van der Waals surface area contributed by atoms with Gasteiger partial charge in [-0.15, -0.1) is 0 Å². The summed E-state index contributed by atoms with van der Waals surface area (Å²) in [5.74, 6) is -0.0765. The van der Waals surface area contributed by atoms with Gasteiger partial charge in [0.2, 0.25) is 5.91 Å². The highest BCUT2D eigenvalue weighted by Gasteiger charge is 2.27. The van der Waals surface area contributed by atoms with Gasteiger partial charge in [0.1, 0.15) is 0 Å². The molecule has 1 unspecified atom stereocenters. The van der Waals surface area contributed by atoms with Gasteiger partial charge in [-0.05, 0) is 29.7 Å². The third-order valence-electron chi connectivity index (χ3n) is 3.82. The smallest absolute Gasteiger partial charge is 0.229 e. The van der Waals surface area contributed by atoms with E-state index in [-0.39, 0.29) is 12.3 Å². The summed E-state index contributed by atoms with van der Waals surface area (Å²) in [5.41, 5.74) is 2.64. The van der Waals surface area contributed by atoms with Gasteiger partial charge >= 0.3 is 0 Å². The highest BCUT2D eigenvalue weighted by molar-refractivity contribution is 6.32. The van der Waals surface area contributed by atoms with Crippen molar-refractivity contribution in [2.75, 3.05) is 11.4 Å². The number of anilines is 1. The second-order valence-electron chi connectivity index (χ2n) is 5.16. The summed E-state index contributed by atoms with van der Waals surface area (Å²) in [6.07, 6.45) is 0.0694. The van der Waals surface area contributed by atoms with Gasteiger partial charge < -0.3 is 10.0 Å². The van der Waals surface area contributed by atoms with E-state index in [2.05, 4.69) is 0 Å². The van der Waals surface area contributed by atoms with Crippen molar-refractivity contribution in [3.05, 3.63) is 64.7 Å². The van der Waals surface area contributed by atoms with E-state index in [1.54, 1.807) is 4.90 Å². The van der Waals surface area contributed by atoms with Gasteiger partial charge in [-0.3, -0.25) is 4.79 Å². The van der Waals surface area contributed by atoms with Crippen LogP contribution in [-0.4, -0.2) is 17.6 Å². The number of rotatable bonds is 3. The Morgan fingerprint density at radius 3 is 2.71 bits per heavy atom. The topological polar surface area (TPSA) is 40.5 Å². The number of benzene rings is 2. The highest BCUT2D eigenvalue weighted by Crippen LogP contribution is 2.34. The normalized spacial score (nSPS) is 14.9. The van der Waals surface area contributed by atoms with E-state index in [0.29, 0.717) is 11.6 Å². The molecule has 0 bridgehead atoms. The van der Waals surface area contributed by atoms with Crippen molar-refractivity contribution >= 4 is 23.2 Å². The fourth-order valence-electron chi connectivity index (χ4n) is 2.72. The van der Waals surface area contributed by atoms with Crippen LogP contribution in [0.25, 0.3) is 0 Å². The first-order chi connectivity index (χ1) is 10.2. The Morgan fingerprint density at radius 2 is 1.95 bits per heavy atom. The molecule has 1 atom stereocenters. The first-order valence-electron chi connectivity index (χ1n) is 6.97. The monoisotopic (exact) mass is 301 g/mol. The largest absolute Gasteiger partial charge is 0.388 e. The fourth-order valence-corrected chi connectivity index (χ4v) is 2.98. The lowest BCUT2D eigenvalue weighted by atomic mass is 10.1. The minimum Gasteiger partial charge on any atom is -0.388 e. The molecule has 0 spiro atoms. The average molecular weight is 302 g/mol. The Morgan fingerprint density at radius 1 is 1.19 bits per heavy atom. The van der Waals surface area contributed by atoms with E-state index >= 15 is 0 Å². The molecule has 2 aromatic carbocycles. The molecule has 3 rings (SSSR count). The molecule has 0 aromatic heterocycles. The van der Waals surface area contributed by atoms with Crippen molar-refractivity contribution in [3.8, 4) is 0 Å². The number of amides is 1. The molecule has 2 aromatic rings. The van der Waals surface area contributed by atoms with E-state index in [1.165, 1.54) is 0 Å². The number of nitrogens with zero attached hydrogens (tertiary/aromatic N) is 1. The molecule has 0 saturated heterocycles. The Bertz CT molecular complexity index is 657. The molecule has 3 nitrogen and oxygen atoms in total. The summed E-state index contributed by atoms with van der Waals surface area (Å²) in [6, 6.07) is 14.8. The summed E-state index contributed by atoms with van der Waals surface area (Å²) in [5, 5.41) is 10.9. The van der Waals surface area contributed by atoms with E-state index in [0.717, 1.165) is 23.2 Å². The Hall–Kier alpha value is -1.84. The van der Waals surface area contributed by atoms with Crippen LogP contribution < -0.4 is 4.90 Å². The van der Waals surface area contributed by atoms with Crippen LogP contribution in [0, 0.1) is 0 Å². The lowest BCUT2D eigenvalue weighted by Gasteiger charge is -2.19. The number of carbonyl (C=O) groups is 1. The maximum atomic E-state index is 12.4. The maximum absolute atomic E-state index is 12.4. The molecular weight excluding hydrogens is 286 g/mol. The fraction of sp³-hybridized carbons (Fsp3) is 0.235. The maximum Gasteiger partial charge on any atom is 0.229 e. The van der Waals surface area contributed by atoms with Crippen LogP contribution >= 0.6 is 11.6 Å². The van der Waals surface area contributed by atoms with Crippen molar-refractivity contribution in [1.82, 2.24) is 0 Å². The molecule has 0 radical (unpaired) electrons. The summed E-state index contributed by atoms with van der Waals surface area (Å²) >= 11 is 6.15. The number of fused-ring (bicyclic) bond motifs is 1. The average Bonchev–Trinajstić information content (AvgIpc) is 2.93. The molecule has 1 aliphatic rings. The van der Waals surface area contributed by atoms with Crippen molar-refractivity contribution < 1.29 is 9.90 Å². The number of carbonyl (C=O) groups excluding carboxylic acids is 1. The minimum absolute atomic E-state index is 0.0765. The molecule has 1 N–H and O–H groups in total. The summed E-state index contributed by atoms with van der Waals surface area (Å²) in [4.78, 5) is 14.1. The molecule has 1 aliphatic heterocycles. The van der Waals surface area contributed by atoms with Crippen LogP contribution in [-0.2, 0) is 11.2 Å². The van der Waals surface area contributed by atoms with Crippen LogP contribution in [0.2, 0.25) is 5.02 Å². The first kappa shape index (κ1) is 14.1. The number of aliphatic hydroxyl groups excluding tert-OH is 1. The van der Waals surface area contributed by atoms with Crippen molar-refractivity contribution in [3.63, 3.8) is 0 Å². The number of halogens is 1. The molecule has 0 fully saturated rings. The predicted molar refractivity (Wildman–Crippen MR) is 83.5 cm³/mol. The molecule has 21 heavy (non-hydrogen) atoms. The number of aliphatic hydroxyl groups is 1. The Labute approximate surface area is 128 Å². The van der Waals surface area contributed by atoms with Crippen LogP contribution in [0.1, 0.15) is 23.7 Å². The zero-order valence-corrected chi connectivity index (χ0v) is 12.3. The molecule has 1 heterocycles. The SMILES string of the molecule is O=C(CC(O)c1ccccc1)N1CCc2c(Cl)cccc21. The molecule has 0 saturated carbocycles. The van der Waals surface area contributed by atoms with Crippen LogP contribution in [0.3, 0.4) is 0 Å². The summed E-state index contributed by atoms with van der Waals surface area (Å²) in [6.45, 7) is 0.624. The lowest BCUT2D eigenvalue weighted by molar-refractivity contribution is -0.120. The molecule has 0 aliphatic carbocycles. The van der Waals surface area contributed by atoms with E-state index in [4.69, 9.17) is 11.6 Å². The van der Waals surface area contributed by atoms with Gasteiger partial charge in [0.25, 0.3) is 0 Å². The highest BCUT2D eigenvalue weighted by atomic mass is 35.5. The standard InChI is InChI=1S/C17H16ClNO2/c18-14-7-4-8-15-13(14)9-10-19(15)17(21)11-16(20)12-5-2-1-3-6-12/h1-8,16,20H,9-11H2. The van der Waals surface area contributed by atoms with Gasteiger partial charge in [0.15, 0.2) is 0 Å². The summed E-state index contributed by atoms with van der Waals surface area (Å²) in [7, 11) is 0. The van der Waals surface area contributed by atoms with Gasteiger partial charge in [-0.25, -0.2) is 0 Å². The molecule has 108 valence electrons. The first-order valence-corrected chi connectivity index (χ1v) is 7.35. The van der Waals surface area contributed by atoms with Crippen LogP contribution in [0.5, 0.6) is 0 Å². The quantitative estimate of drug-likeness (QED) is 0.944. The second kappa shape index (κ2) is 5.88. The van der Waals surface area contributed by atoms with Gasteiger partial charge in [0.05, 0.1) is 12.5 Å². The number of hydrogen-bond acceptors (Lipinski definition) is 2. The zero-order chi connectivity index (χ0) is 14.8. The summed E-state index contributed by atoms with van der Waals surface area (Å²) < 4.78 is 0. The van der Waals surface area contributed by atoms with Gasteiger partial charge in [-0.1, -0.05) is 48.0 Å². The zero-order valence-electron chi connectivity index (χ0n) is 11.5. The van der Waals surface area contributed by atoms with E-state index in [1.807, 2.05) is 48.5 Å². The predicted octanol–water partition coefficient (Wildman–Crippen LogP) is 3.35. The van der Waals surface area contributed by atoms with E-state index < -0.39 is 6.10 Å². The molecule has 4 heteroatoms. The van der Waals surface area contributed by atoms with Crippen LogP contribution in [0.4, 0.5) is 5.69 Å². The Balaban J connectivity index is 1.75. The lowest BCUT2D eigenvalue weighted by Crippen LogP contribution is -2.30. The third-order valence-corrected chi connectivity index (χ3v) is 4.18. The second-order valence-corrected chi connectivity index (χ2v) is 5.57. The third kappa shape index (κ3) is 2.80. The number of hydrogen-bond donors (Lipinski definition) is 1. The van der Waals surface area contributed by atoms with Crippen molar-refractivity contribution in [1.29, 1.82) is 0 Å². The van der Waals surface area contributed by atoms with Gasteiger partial charge in [0, 0.05) is 17.3 Å². The molecule has 1 amide bonds.